The predicted molar refractivity (Wildman–Crippen MR) is 103 cm³/mol. The van der Waals surface area contributed by atoms with Gasteiger partial charge in [0, 0.05) is 45.5 Å². The topological polar surface area (TPSA) is 58.1 Å². The first-order valence-corrected chi connectivity index (χ1v) is 9.97. The molecule has 0 atom stereocenters. The maximum absolute atomic E-state index is 5.98. The van der Waals surface area contributed by atoms with Crippen molar-refractivity contribution >= 4 is 5.96 Å². The summed E-state index contributed by atoms with van der Waals surface area (Å²) in [6.07, 6.45) is 10.2. The first-order chi connectivity index (χ1) is 12.2. The quantitative estimate of drug-likeness (QED) is 0.397. The number of likely N-dealkylation sites (N-methyl/N-ethyl adjacent to an activating group) is 1. The molecule has 0 amide bonds. The number of guanidine groups is 1. The number of nitrogens with zero attached hydrogens (tertiary/aromatic N) is 2. The third-order valence-electron chi connectivity index (χ3n) is 5.70. The summed E-state index contributed by atoms with van der Waals surface area (Å²) in [6.45, 7) is 4.30. The standard InChI is InChI=1S/C19H38N4O2/c1-20-18(21-12-7-13-25-17-8-5-4-6-9-17)22-16-19(23(2)3)10-14-24-15-11-19/h17H,4-16H2,1-3H3,(H2,20,21,22). The molecule has 0 radical (unpaired) electrons. The van der Waals surface area contributed by atoms with Crippen molar-refractivity contribution in [1.29, 1.82) is 0 Å². The monoisotopic (exact) mass is 354 g/mol. The Kier molecular flexibility index (Phi) is 8.99. The number of hydrogen-bond acceptors (Lipinski definition) is 4. The molecule has 0 aromatic heterocycles. The highest BCUT2D eigenvalue weighted by Crippen LogP contribution is 2.25. The molecule has 0 bridgehead atoms. The fourth-order valence-corrected chi connectivity index (χ4v) is 3.76. The van der Waals surface area contributed by atoms with Crippen LogP contribution in [0, 0.1) is 0 Å². The Labute approximate surface area is 153 Å². The highest BCUT2D eigenvalue weighted by Gasteiger charge is 2.34. The molecule has 2 aliphatic rings. The highest BCUT2D eigenvalue weighted by atomic mass is 16.5. The molecule has 0 aromatic carbocycles. The van der Waals surface area contributed by atoms with Crippen LogP contribution in [0.4, 0.5) is 0 Å². The van der Waals surface area contributed by atoms with E-state index in [2.05, 4.69) is 34.6 Å². The molecule has 2 fully saturated rings. The van der Waals surface area contributed by atoms with Crippen molar-refractivity contribution in [3.8, 4) is 0 Å². The van der Waals surface area contributed by atoms with E-state index in [0.29, 0.717) is 6.10 Å². The Bertz CT molecular complexity index is 389. The molecule has 0 aromatic rings. The molecule has 0 unspecified atom stereocenters. The maximum atomic E-state index is 5.98. The Balaban J connectivity index is 1.62. The average molecular weight is 355 g/mol. The molecular formula is C19H38N4O2. The minimum Gasteiger partial charge on any atom is -0.381 e. The van der Waals surface area contributed by atoms with E-state index >= 15 is 0 Å². The zero-order valence-electron chi connectivity index (χ0n) is 16.5. The number of rotatable bonds is 8. The molecule has 0 spiro atoms. The molecule has 25 heavy (non-hydrogen) atoms. The Hall–Kier alpha value is -0.850. The Morgan fingerprint density at radius 1 is 1.16 bits per heavy atom. The first-order valence-electron chi connectivity index (χ1n) is 9.97. The van der Waals surface area contributed by atoms with Gasteiger partial charge in [-0.15, -0.1) is 0 Å². The summed E-state index contributed by atoms with van der Waals surface area (Å²) < 4.78 is 11.5. The van der Waals surface area contributed by atoms with Gasteiger partial charge in [-0.1, -0.05) is 19.3 Å². The van der Waals surface area contributed by atoms with Crippen LogP contribution in [0.15, 0.2) is 4.99 Å². The molecule has 1 saturated heterocycles. The SMILES string of the molecule is CN=C(NCCCOC1CCCCC1)NCC1(N(C)C)CCOCC1. The van der Waals surface area contributed by atoms with Crippen molar-refractivity contribution in [2.75, 3.05) is 54.1 Å². The highest BCUT2D eigenvalue weighted by molar-refractivity contribution is 5.79. The summed E-state index contributed by atoms with van der Waals surface area (Å²) in [7, 11) is 6.15. The van der Waals surface area contributed by atoms with Crippen molar-refractivity contribution in [3.05, 3.63) is 0 Å². The summed E-state index contributed by atoms with van der Waals surface area (Å²) in [5, 5.41) is 6.91. The van der Waals surface area contributed by atoms with Gasteiger partial charge in [-0.05, 0) is 46.2 Å². The van der Waals surface area contributed by atoms with Crippen LogP contribution in [-0.2, 0) is 9.47 Å². The van der Waals surface area contributed by atoms with Crippen LogP contribution in [0.2, 0.25) is 0 Å². The molecule has 2 N–H and O–H groups in total. The van der Waals surface area contributed by atoms with E-state index in [0.717, 1.165) is 58.1 Å². The molecular weight excluding hydrogens is 316 g/mol. The van der Waals surface area contributed by atoms with E-state index in [1.807, 2.05) is 7.05 Å². The molecule has 6 nitrogen and oxygen atoms in total. The summed E-state index contributed by atoms with van der Waals surface area (Å²) in [6, 6.07) is 0. The lowest BCUT2D eigenvalue weighted by molar-refractivity contribution is -0.00502. The normalized spacial score (nSPS) is 22.2. The molecule has 1 heterocycles. The molecule has 2 rings (SSSR count). The van der Waals surface area contributed by atoms with Gasteiger partial charge in [-0.3, -0.25) is 4.99 Å². The van der Waals surface area contributed by atoms with Gasteiger partial charge in [0.25, 0.3) is 0 Å². The van der Waals surface area contributed by atoms with Gasteiger partial charge in [0.15, 0.2) is 5.96 Å². The third-order valence-corrected chi connectivity index (χ3v) is 5.70. The van der Waals surface area contributed by atoms with Gasteiger partial charge in [0.1, 0.15) is 0 Å². The van der Waals surface area contributed by atoms with Crippen LogP contribution in [-0.4, -0.2) is 76.6 Å². The smallest absolute Gasteiger partial charge is 0.191 e. The summed E-state index contributed by atoms with van der Waals surface area (Å²) in [5.74, 6) is 0.880. The van der Waals surface area contributed by atoms with Gasteiger partial charge < -0.3 is 25.0 Å². The van der Waals surface area contributed by atoms with Crippen LogP contribution >= 0.6 is 0 Å². The number of ether oxygens (including phenoxy) is 2. The zero-order chi connectivity index (χ0) is 18.0. The summed E-state index contributed by atoms with van der Waals surface area (Å²) in [4.78, 5) is 6.68. The lowest BCUT2D eigenvalue weighted by atomic mass is 9.88. The largest absolute Gasteiger partial charge is 0.381 e. The lowest BCUT2D eigenvalue weighted by Crippen LogP contribution is -2.57. The average Bonchev–Trinajstić information content (AvgIpc) is 2.65. The van der Waals surface area contributed by atoms with Crippen LogP contribution < -0.4 is 10.6 Å². The minimum absolute atomic E-state index is 0.153. The van der Waals surface area contributed by atoms with Crippen molar-refractivity contribution in [3.63, 3.8) is 0 Å². The first kappa shape index (κ1) is 20.5. The second-order valence-electron chi connectivity index (χ2n) is 7.57. The zero-order valence-corrected chi connectivity index (χ0v) is 16.5. The van der Waals surface area contributed by atoms with E-state index in [9.17, 15) is 0 Å². The molecule has 1 aliphatic heterocycles. The number of hydrogen-bond donors (Lipinski definition) is 2. The van der Waals surface area contributed by atoms with E-state index in [1.54, 1.807) is 0 Å². The van der Waals surface area contributed by atoms with Crippen molar-refractivity contribution in [2.24, 2.45) is 4.99 Å². The van der Waals surface area contributed by atoms with Crippen molar-refractivity contribution in [2.45, 2.75) is 63.0 Å². The molecule has 146 valence electrons. The van der Waals surface area contributed by atoms with Gasteiger partial charge >= 0.3 is 0 Å². The van der Waals surface area contributed by atoms with Gasteiger partial charge in [-0.25, -0.2) is 0 Å². The molecule has 6 heteroatoms. The number of aliphatic imine (C=N–C) groups is 1. The fourth-order valence-electron chi connectivity index (χ4n) is 3.76. The van der Waals surface area contributed by atoms with E-state index in [1.165, 1.54) is 32.1 Å². The summed E-state index contributed by atoms with van der Waals surface area (Å²) >= 11 is 0. The van der Waals surface area contributed by atoms with E-state index < -0.39 is 0 Å². The van der Waals surface area contributed by atoms with Gasteiger partial charge in [0.05, 0.1) is 6.10 Å². The maximum Gasteiger partial charge on any atom is 0.191 e. The summed E-state index contributed by atoms with van der Waals surface area (Å²) in [5.41, 5.74) is 0.153. The molecule has 1 saturated carbocycles. The van der Waals surface area contributed by atoms with E-state index in [-0.39, 0.29) is 5.54 Å². The minimum atomic E-state index is 0.153. The Morgan fingerprint density at radius 3 is 2.52 bits per heavy atom. The fraction of sp³-hybridized carbons (Fsp3) is 0.947. The van der Waals surface area contributed by atoms with Gasteiger partial charge in [0.2, 0.25) is 0 Å². The Morgan fingerprint density at radius 2 is 1.88 bits per heavy atom. The lowest BCUT2D eigenvalue weighted by Gasteiger charge is -2.43. The van der Waals surface area contributed by atoms with Crippen molar-refractivity contribution < 1.29 is 9.47 Å². The second-order valence-corrected chi connectivity index (χ2v) is 7.57. The van der Waals surface area contributed by atoms with Crippen LogP contribution in [0.3, 0.4) is 0 Å². The van der Waals surface area contributed by atoms with Crippen LogP contribution in [0.1, 0.15) is 51.4 Å². The van der Waals surface area contributed by atoms with Crippen LogP contribution in [0.25, 0.3) is 0 Å². The van der Waals surface area contributed by atoms with Crippen molar-refractivity contribution in [1.82, 2.24) is 15.5 Å². The number of nitrogens with one attached hydrogen (secondary N) is 2. The van der Waals surface area contributed by atoms with Crippen LogP contribution in [0.5, 0.6) is 0 Å². The molecule has 1 aliphatic carbocycles. The van der Waals surface area contributed by atoms with Gasteiger partial charge in [-0.2, -0.15) is 0 Å². The predicted octanol–water partition coefficient (Wildman–Crippen LogP) is 2.00. The van der Waals surface area contributed by atoms with E-state index in [4.69, 9.17) is 9.47 Å². The second kappa shape index (κ2) is 11.0. The third kappa shape index (κ3) is 6.76.